The van der Waals surface area contributed by atoms with E-state index in [2.05, 4.69) is 15.0 Å². The summed E-state index contributed by atoms with van der Waals surface area (Å²) in [6, 6.07) is 9.48. The summed E-state index contributed by atoms with van der Waals surface area (Å²) in [6.07, 6.45) is 3.93. The van der Waals surface area contributed by atoms with Crippen LogP contribution in [0.4, 0.5) is 0 Å². The topological polar surface area (TPSA) is 88.2 Å². The highest BCUT2D eigenvalue weighted by Gasteiger charge is 2.14. The molecular weight excluding hydrogens is 302 g/mol. The molecule has 2 N–H and O–H groups in total. The van der Waals surface area contributed by atoms with Gasteiger partial charge in [-0.1, -0.05) is 6.07 Å². The van der Waals surface area contributed by atoms with Crippen molar-refractivity contribution >= 4 is 15.9 Å². The first-order valence-electron chi connectivity index (χ1n) is 6.73. The number of aromatic nitrogens is 1. The van der Waals surface area contributed by atoms with Crippen LogP contribution < -0.4 is 10.0 Å². The Balaban J connectivity index is 1.99. The van der Waals surface area contributed by atoms with Gasteiger partial charge in [-0.3, -0.25) is 9.78 Å². The lowest BCUT2D eigenvalue weighted by Crippen LogP contribution is -2.26. The van der Waals surface area contributed by atoms with Crippen LogP contribution in [0.5, 0.6) is 0 Å². The quantitative estimate of drug-likeness (QED) is 0.830. The minimum absolute atomic E-state index is 0.131. The van der Waals surface area contributed by atoms with Gasteiger partial charge in [-0.15, -0.1) is 0 Å². The Bertz CT molecular complexity index is 728. The van der Waals surface area contributed by atoms with Crippen molar-refractivity contribution in [3.05, 3.63) is 59.9 Å². The van der Waals surface area contributed by atoms with E-state index in [0.717, 1.165) is 5.56 Å². The molecule has 2 rings (SSSR count). The van der Waals surface area contributed by atoms with Crippen LogP contribution in [0.2, 0.25) is 0 Å². The summed E-state index contributed by atoms with van der Waals surface area (Å²) in [7, 11) is -2.06. The van der Waals surface area contributed by atoms with Crippen molar-refractivity contribution in [1.29, 1.82) is 0 Å². The van der Waals surface area contributed by atoms with E-state index in [9.17, 15) is 13.2 Å². The number of sulfonamides is 1. The SMILES string of the molecule is CNC(=O)c1ccc(S(=O)(=O)NCCc2cccnc2)cc1. The molecule has 0 unspecified atom stereocenters. The maximum Gasteiger partial charge on any atom is 0.251 e. The second-order valence-electron chi connectivity index (χ2n) is 4.61. The third-order valence-electron chi connectivity index (χ3n) is 3.08. The van der Waals surface area contributed by atoms with E-state index in [-0.39, 0.29) is 17.3 Å². The highest BCUT2D eigenvalue weighted by molar-refractivity contribution is 7.89. The Kier molecular flexibility index (Phi) is 5.24. The van der Waals surface area contributed by atoms with Crippen molar-refractivity contribution in [3.63, 3.8) is 0 Å². The van der Waals surface area contributed by atoms with Crippen LogP contribution in [0.15, 0.2) is 53.7 Å². The Morgan fingerprint density at radius 2 is 1.91 bits per heavy atom. The molecule has 0 radical (unpaired) electrons. The summed E-state index contributed by atoms with van der Waals surface area (Å²) in [4.78, 5) is 15.5. The Hall–Kier alpha value is -2.25. The van der Waals surface area contributed by atoms with E-state index < -0.39 is 10.0 Å². The molecule has 1 amide bonds. The zero-order chi connectivity index (χ0) is 16.0. The number of rotatable bonds is 6. The van der Waals surface area contributed by atoms with Gasteiger partial charge < -0.3 is 5.32 Å². The fraction of sp³-hybridized carbons (Fsp3) is 0.200. The smallest absolute Gasteiger partial charge is 0.251 e. The predicted molar refractivity (Wildman–Crippen MR) is 83.0 cm³/mol. The molecule has 0 saturated carbocycles. The van der Waals surface area contributed by atoms with Gasteiger partial charge in [-0.05, 0) is 42.3 Å². The normalized spacial score (nSPS) is 11.1. The minimum atomic E-state index is -3.58. The molecular formula is C15H17N3O3S. The molecule has 2 aromatic rings. The largest absolute Gasteiger partial charge is 0.355 e. The molecule has 0 bridgehead atoms. The van der Waals surface area contributed by atoms with Gasteiger partial charge in [0.15, 0.2) is 0 Å². The van der Waals surface area contributed by atoms with Crippen LogP contribution in [0, 0.1) is 0 Å². The molecule has 0 aliphatic carbocycles. The maximum atomic E-state index is 12.1. The lowest BCUT2D eigenvalue weighted by molar-refractivity contribution is 0.0963. The van der Waals surface area contributed by atoms with E-state index >= 15 is 0 Å². The Labute approximate surface area is 129 Å². The summed E-state index contributed by atoms with van der Waals surface area (Å²) in [6.45, 7) is 0.283. The molecule has 6 nitrogen and oxygen atoms in total. The number of benzene rings is 1. The first-order chi connectivity index (χ1) is 10.5. The van der Waals surface area contributed by atoms with Crippen molar-refractivity contribution in [2.24, 2.45) is 0 Å². The molecule has 7 heteroatoms. The number of nitrogens with zero attached hydrogens (tertiary/aromatic N) is 1. The van der Waals surface area contributed by atoms with Crippen molar-refractivity contribution < 1.29 is 13.2 Å². The second-order valence-corrected chi connectivity index (χ2v) is 6.38. The zero-order valence-electron chi connectivity index (χ0n) is 12.1. The summed E-state index contributed by atoms with van der Waals surface area (Å²) in [5.74, 6) is -0.256. The van der Waals surface area contributed by atoms with Crippen LogP contribution in [0.1, 0.15) is 15.9 Å². The molecule has 1 heterocycles. The van der Waals surface area contributed by atoms with E-state index in [1.165, 1.54) is 31.3 Å². The molecule has 0 atom stereocenters. The number of hydrogen-bond donors (Lipinski definition) is 2. The van der Waals surface area contributed by atoms with E-state index in [0.29, 0.717) is 12.0 Å². The fourth-order valence-electron chi connectivity index (χ4n) is 1.89. The lowest BCUT2D eigenvalue weighted by atomic mass is 10.2. The third-order valence-corrected chi connectivity index (χ3v) is 4.56. The summed E-state index contributed by atoms with van der Waals surface area (Å²) in [5, 5.41) is 2.48. The average molecular weight is 319 g/mol. The van der Waals surface area contributed by atoms with Crippen LogP contribution in [-0.4, -0.2) is 32.9 Å². The number of nitrogens with one attached hydrogen (secondary N) is 2. The van der Waals surface area contributed by atoms with Crippen molar-refractivity contribution in [2.45, 2.75) is 11.3 Å². The minimum Gasteiger partial charge on any atom is -0.355 e. The van der Waals surface area contributed by atoms with Gasteiger partial charge in [0, 0.05) is 31.5 Å². The highest BCUT2D eigenvalue weighted by Crippen LogP contribution is 2.10. The number of pyridine rings is 1. The zero-order valence-corrected chi connectivity index (χ0v) is 12.9. The molecule has 0 aliphatic heterocycles. The highest BCUT2D eigenvalue weighted by atomic mass is 32.2. The molecule has 1 aromatic carbocycles. The van der Waals surface area contributed by atoms with Gasteiger partial charge in [0.2, 0.25) is 10.0 Å². The molecule has 0 spiro atoms. The van der Waals surface area contributed by atoms with Crippen LogP contribution in [0.3, 0.4) is 0 Å². The van der Waals surface area contributed by atoms with Crippen LogP contribution in [0.25, 0.3) is 0 Å². The summed E-state index contributed by atoms with van der Waals surface area (Å²) < 4.78 is 26.8. The molecule has 0 fully saturated rings. The van der Waals surface area contributed by atoms with E-state index in [1.807, 2.05) is 6.07 Å². The number of carbonyl (C=O) groups excluding carboxylic acids is 1. The summed E-state index contributed by atoms with van der Waals surface area (Å²) >= 11 is 0. The Morgan fingerprint density at radius 1 is 1.18 bits per heavy atom. The first kappa shape index (κ1) is 16.1. The van der Waals surface area contributed by atoms with E-state index in [4.69, 9.17) is 0 Å². The van der Waals surface area contributed by atoms with Gasteiger partial charge in [0.25, 0.3) is 5.91 Å². The van der Waals surface area contributed by atoms with Gasteiger partial charge in [-0.25, -0.2) is 13.1 Å². The van der Waals surface area contributed by atoms with E-state index in [1.54, 1.807) is 18.5 Å². The van der Waals surface area contributed by atoms with Crippen molar-refractivity contribution in [3.8, 4) is 0 Å². The lowest BCUT2D eigenvalue weighted by Gasteiger charge is -2.07. The van der Waals surface area contributed by atoms with Gasteiger partial charge in [0.1, 0.15) is 0 Å². The third kappa shape index (κ3) is 4.12. The van der Waals surface area contributed by atoms with Gasteiger partial charge in [-0.2, -0.15) is 0 Å². The first-order valence-corrected chi connectivity index (χ1v) is 8.22. The molecule has 116 valence electrons. The van der Waals surface area contributed by atoms with Gasteiger partial charge in [0.05, 0.1) is 4.90 Å². The molecule has 0 aliphatic rings. The van der Waals surface area contributed by atoms with Crippen molar-refractivity contribution in [1.82, 2.24) is 15.0 Å². The second kappa shape index (κ2) is 7.15. The molecule has 22 heavy (non-hydrogen) atoms. The van der Waals surface area contributed by atoms with Crippen molar-refractivity contribution in [2.75, 3.05) is 13.6 Å². The monoisotopic (exact) mass is 319 g/mol. The maximum absolute atomic E-state index is 12.1. The van der Waals surface area contributed by atoms with Gasteiger partial charge >= 0.3 is 0 Å². The molecule has 0 saturated heterocycles. The Morgan fingerprint density at radius 3 is 2.50 bits per heavy atom. The standard InChI is InChI=1S/C15H17N3O3S/c1-16-15(19)13-4-6-14(7-5-13)22(20,21)18-10-8-12-3-2-9-17-11-12/h2-7,9,11,18H,8,10H2,1H3,(H,16,19). The number of hydrogen-bond acceptors (Lipinski definition) is 4. The predicted octanol–water partition coefficient (Wildman–Crippen LogP) is 0.962. The molecule has 1 aromatic heterocycles. The average Bonchev–Trinajstić information content (AvgIpc) is 2.55. The number of amides is 1. The number of carbonyl (C=O) groups is 1. The van der Waals surface area contributed by atoms with Crippen LogP contribution in [-0.2, 0) is 16.4 Å². The fourth-order valence-corrected chi connectivity index (χ4v) is 2.92. The summed E-state index contributed by atoms with van der Waals surface area (Å²) in [5.41, 5.74) is 1.37. The van der Waals surface area contributed by atoms with Crippen LogP contribution >= 0.6 is 0 Å².